The maximum Gasteiger partial charge on any atom is 0.318 e. The van der Waals surface area contributed by atoms with Crippen LogP contribution in [-0.2, 0) is 16.0 Å². The van der Waals surface area contributed by atoms with Gasteiger partial charge in [-0.2, -0.15) is 0 Å². The van der Waals surface area contributed by atoms with E-state index in [0.29, 0.717) is 13.2 Å². The van der Waals surface area contributed by atoms with E-state index >= 15 is 0 Å². The summed E-state index contributed by atoms with van der Waals surface area (Å²) in [5.41, 5.74) is 1.87. The van der Waals surface area contributed by atoms with E-state index in [0.717, 1.165) is 18.5 Å². The van der Waals surface area contributed by atoms with Gasteiger partial charge in [0, 0.05) is 13.1 Å². The SMILES string of the molecule is O=C1OCC2=CCNCC12Cc1ccccc1. The number of ether oxygens (including phenoxy) is 1. The molecule has 0 spiro atoms. The van der Waals surface area contributed by atoms with Gasteiger partial charge in [-0.05, 0) is 17.6 Å². The van der Waals surface area contributed by atoms with Crippen molar-refractivity contribution < 1.29 is 9.53 Å². The number of benzene rings is 1. The molecule has 1 unspecified atom stereocenters. The molecule has 1 N–H and O–H groups in total. The zero-order valence-electron chi connectivity index (χ0n) is 9.61. The molecule has 88 valence electrons. The number of esters is 1. The summed E-state index contributed by atoms with van der Waals surface area (Å²) < 4.78 is 5.23. The van der Waals surface area contributed by atoms with Gasteiger partial charge in [0.25, 0.3) is 0 Å². The van der Waals surface area contributed by atoms with Crippen LogP contribution in [0.5, 0.6) is 0 Å². The van der Waals surface area contributed by atoms with Crippen molar-refractivity contribution in [3.8, 4) is 0 Å². The Balaban J connectivity index is 1.96. The van der Waals surface area contributed by atoms with Crippen LogP contribution in [0.4, 0.5) is 0 Å². The van der Waals surface area contributed by atoms with Gasteiger partial charge in [-0.1, -0.05) is 36.4 Å². The van der Waals surface area contributed by atoms with Gasteiger partial charge < -0.3 is 10.1 Å². The van der Waals surface area contributed by atoms with Crippen molar-refractivity contribution in [2.24, 2.45) is 5.41 Å². The molecule has 0 amide bonds. The molecule has 3 nitrogen and oxygen atoms in total. The minimum atomic E-state index is -0.459. The summed E-state index contributed by atoms with van der Waals surface area (Å²) in [7, 11) is 0. The summed E-state index contributed by atoms with van der Waals surface area (Å²) in [4.78, 5) is 12.0. The third kappa shape index (κ3) is 1.67. The van der Waals surface area contributed by atoms with E-state index in [9.17, 15) is 4.79 Å². The standard InChI is InChI=1S/C14H15NO2/c16-13-14(8-11-4-2-1-3-5-11)10-15-7-6-12(14)9-17-13/h1-6,15H,7-10H2. The summed E-state index contributed by atoms with van der Waals surface area (Å²) in [6.45, 7) is 1.99. The molecule has 2 aliphatic rings. The fourth-order valence-electron chi connectivity index (χ4n) is 2.66. The summed E-state index contributed by atoms with van der Waals surface area (Å²) in [5, 5.41) is 3.27. The quantitative estimate of drug-likeness (QED) is 0.613. The first-order chi connectivity index (χ1) is 8.31. The van der Waals surface area contributed by atoms with Gasteiger partial charge in [-0.3, -0.25) is 4.79 Å². The first kappa shape index (κ1) is 10.5. The summed E-state index contributed by atoms with van der Waals surface area (Å²) in [6.07, 6.45) is 2.82. The predicted molar refractivity (Wildman–Crippen MR) is 64.5 cm³/mol. The first-order valence-electron chi connectivity index (χ1n) is 5.93. The molecule has 2 aliphatic heterocycles. The molecule has 2 heterocycles. The number of fused-ring (bicyclic) bond motifs is 1. The second-order valence-electron chi connectivity index (χ2n) is 4.68. The van der Waals surface area contributed by atoms with Gasteiger partial charge in [0.2, 0.25) is 0 Å². The average Bonchev–Trinajstić information content (AvgIpc) is 2.69. The zero-order chi connectivity index (χ0) is 11.7. The molecule has 0 saturated carbocycles. The molecular formula is C14H15NO2. The van der Waals surface area contributed by atoms with E-state index < -0.39 is 5.41 Å². The Labute approximate surface area is 100 Å². The van der Waals surface area contributed by atoms with Crippen LogP contribution in [-0.4, -0.2) is 25.7 Å². The van der Waals surface area contributed by atoms with Crippen molar-refractivity contribution in [3.05, 3.63) is 47.5 Å². The minimum Gasteiger partial charge on any atom is -0.460 e. The normalized spacial score (nSPS) is 27.3. The Morgan fingerprint density at radius 1 is 1.29 bits per heavy atom. The van der Waals surface area contributed by atoms with Gasteiger partial charge in [0.1, 0.15) is 12.0 Å². The third-order valence-corrected chi connectivity index (χ3v) is 3.63. The van der Waals surface area contributed by atoms with Crippen molar-refractivity contribution in [2.45, 2.75) is 6.42 Å². The summed E-state index contributed by atoms with van der Waals surface area (Å²) in [5.74, 6) is -0.0835. The lowest BCUT2D eigenvalue weighted by Gasteiger charge is -2.30. The molecule has 1 aromatic carbocycles. The molecule has 0 aromatic heterocycles. The molecule has 3 heteroatoms. The van der Waals surface area contributed by atoms with Gasteiger partial charge in [0.15, 0.2) is 0 Å². The van der Waals surface area contributed by atoms with Crippen molar-refractivity contribution >= 4 is 5.97 Å². The van der Waals surface area contributed by atoms with E-state index in [4.69, 9.17) is 4.74 Å². The minimum absolute atomic E-state index is 0.0835. The second kappa shape index (κ2) is 4.00. The van der Waals surface area contributed by atoms with Crippen LogP contribution in [0, 0.1) is 5.41 Å². The van der Waals surface area contributed by atoms with E-state index in [1.807, 2.05) is 18.2 Å². The smallest absolute Gasteiger partial charge is 0.318 e. The highest BCUT2D eigenvalue weighted by Gasteiger charge is 2.49. The van der Waals surface area contributed by atoms with E-state index in [-0.39, 0.29) is 5.97 Å². The molecule has 3 rings (SSSR count). The Bertz CT molecular complexity index is 466. The van der Waals surface area contributed by atoms with Crippen LogP contribution >= 0.6 is 0 Å². The van der Waals surface area contributed by atoms with Crippen LogP contribution in [0.25, 0.3) is 0 Å². The molecule has 17 heavy (non-hydrogen) atoms. The second-order valence-corrected chi connectivity index (χ2v) is 4.68. The third-order valence-electron chi connectivity index (χ3n) is 3.63. The number of rotatable bonds is 2. The Morgan fingerprint density at radius 3 is 2.94 bits per heavy atom. The summed E-state index contributed by atoms with van der Waals surface area (Å²) in [6, 6.07) is 10.1. The molecule has 1 atom stereocenters. The van der Waals surface area contributed by atoms with Gasteiger partial charge in [-0.15, -0.1) is 0 Å². The lowest BCUT2D eigenvalue weighted by Crippen LogP contribution is -2.44. The Morgan fingerprint density at radius 2 is 2.12 bits per heavy atom. The van der Waals surface area contributed by atoms with Crippen molar-refractivity contribution in [1.29, 1.82) is 0 Å². The lowest BCUT2D eigenvalue weighted by atomic mass is 9.75. The maximum absolute atomic E-state index is 12.0. The Hall–Kier alpha value is -1.61. The number of hydrogen-bond acceptors (Lipinski definition) is 3. The zero-order valence-corrected chi connectivity index (χ0v) is 9.61. The number of nitrogens with one attached hydrogen (secondary N) is 1. The number of hydrogen-bond donors (Lipinski definition) is 1. The fraction of sp³-hybridized carbons (Fsp3) is 0.357. The van der Waals surface area contributed by atoms with Crippen LogP contribution in [0.3, 0.4) is 0 Å². The molecule has 1 fully saturated rings. The van der Waals surface area contributed by atoms with E-state index in [1.165, 1.54) is 5.56 Å². The molecule has 0 radical (unpaired) electrons. The fourth-order valence-corrected chi connectivity index (χ4v) is 2.66. The summed E-state index contributed by atoms with van der Waals surface area (Å²) >= 11 is 0. The molecule has 1 aromatic rings. The van der Waals surface area contributed by atoms with Crippen LogP contribution in [0.1, 0.15) is 5.56 Å². The number of carbonyl (C=O) groups excluding carboxylic acids is 1. The van der Waals surface area contributed by atoms with Crippen molar-refractivity contribution in [2.75, 3.05) is 19.7 Å². The average molecular weight is 229 g/mol. The lowest BCUT2D eigenvalue weighted by molar-refractivity contribution is -0.145. The van der Waals surface area contributed by atoms with Crippen LogP contribution in [0.2, 0.25) is 0 Å². The number of carbonyl (C=O) groups is 1. The predicted octanol–water partition coefficient (Wildman–Crippen LogP) is 1.30. The maximum atomic E-state index is 12.0. The highest BCUT2D eigenvalue weighted by molar-refractivity contribution is 5.84. The van der Waals surface area contributed by atoms with Gasteiger partial charge in [-0.25, -0.2) is 0 Å². The monoisotopic (exact) mass is 229 g/mol. The van der Waals surface area contributed by atoms with E-state index in [2.05, 4.69) is 23.5 Å². The highest BCUT2D eigenvalue weighted by atomic mass is 16.5. The Kier molecular flexibility index (Phi) is 2.48. The highest BCUT2D eigenvalue weighted by Crippen LogP contribution is 2.39. The van der Waals surface area contributed by atoms with Gasteiger partial charge >= 0.3 is 5.97 Å². The molecule has 1 saturated heterocycles. The van der Waals surface area contributed by atoms with Gasteiger partial charge in [0.05, 0.1) is 0 Å². The number of cyclic esters (lactones) is 1. The van der Waals surface area contributed by atoms with Crippen LogP contribution in [0.15, 0.2) is 42.0 Å². The topological polar surface area (TPSA) is 38.3 Å². The molecule has 0 aliphatic carbocycles. The largest absolute Gasteiger partial charge is 0.460 e. The first-order valence-corrected chi connectivity index (χ1v) is 5.93. The van der Waals surface area contributed by atoms with E-state index in [1.54, 1.807) is 0 Å². The molecule has 0 bridgehead atoms. The van der Waals surface area contributed by atoms with Crippen molar-refractivity contribution in [3.63, 3.8) is 0 Å². The molecular weight excluding hydrogens is 214 g/mol. The van der Waals surface area contributed by atoms with Crippen LogP contribution < -0.4 is 5.32 Å². The van der Waals surface area contributed by atoms with Crippen molar-refractivity contribution in [1.82, 2.24) is 5.32 Å².